The smallest absolute Gasteiger partial charge is 0.398 e. The SMILES string of the molecule is CCCN(NC(=O)[C@H]1CCCN1C(=O)[C@@H](NC(=O)[C@@H](NC(=O)[C@H](CC(=O)O)NC(=O)[C@H](CCC(=O)O)NC(=O)[C@@H](NC(=O)[C@H](CC(=O)O)NC(C)=O)[C@@H](C)O)C(C)C)C(C)C)C(=O)C(=O)OCC. The van der Waals surface area contributed by atoms with Crippen molar-refractivity contribution < 1.29 is 87.5 Å². The van der Waals surface area contributed by atoms with E-state index >= 15 is 0 Å². The molecule has 382 valence electrons. The van der Waals surface area contributed by atoms with Gasteiger partial charge in [0.15, 0.2) is 0 Å². The Bertz CT molecular complexity index is 1880. The predicted octanol–water partition coefficient (Wildman–Crippen LogP) is -3.75. The fraction of sp³-hybridized carbons (Fsp3) is 0.683. The molecule has 0 saturated carbocycles. The first kappa shape index (κ1) is 59.1. The molecule has 68 heavy (non-hydrogen) atoms. The summed E-state index contributed by atoms with van der Waals surface area (Å²) >= 11 is 0. The van der Waals surface area contributed by atoms with Gasteiger partial charge in [-0.1, -0.05) is 34.6 Å². The number of amides is 9. The quantitative estimate of drug-likeness (QED) is 0.0225. The number of aliphatic hydroxyl groups excluding tert-OH is 1. The third-order valence-electron chi connectivity index (χ3n) is 10.1. The number of likely N-dealkylation sites (tertiary alicyclic amines) is 1. The predicted molar refractivity (Wildman–Crippen MR) is 232 cm³/mol. The van der Waals surface area contributed by atoms with Crippen molar-refractivity contribution in [3.05, 3.63) is 0 Å². The van der Waals surface area contributed by atoms with Crippen molar-refractivity contribution in [2.75, 3.05) is 19.7 Å². The molecule has 1 saturated heterocycles. The van der Waals surface area contributed by atoms with Crippen LogP contribution in [0.5, 0.6) is 0 Å². The second kappa shape index (κ2) is 28.3. The lowest BCUT2D eigenvalue weighted by Crippen LogP contribution is -2.62. The Kier molecular flexibility index (Phi) is 24.6. The Morgan fingerprint density at radius 1 is 0.647 bits per heavy atom. The molecule has 9 amide bonds. The van der Waals surface area contributed by atoms with Crippen LogP contribution in [0.15, 0.2) is 0 Å². The second-order valence-electron chi connectivity index (χ2n) is 16.5. The molecule has 1 fully saturated rings. The summed E-state index contributed by atoms with van der Waals surface area (Å²) in [5.41, 5.74) is 2.39. The lowest BCUT2D eigenvalue weighted by atomic mass is 9.98. The van der Waals surface area contributed by atoms with Crippen LogP contribution in [0.1, 0.15) is 100 Å². The first-order chi connectivity index (χ1) is 31.7. The molecule has 0 aromatic heterocycles. The van der Waals surface area contributed by atoms with Gasteiger partial charge in [0, 0.05) is 26.4 Å². The van der Waals surface area contributed by atoms with E-state index in [1.165, 1.54) is 25.7 Å². The Morgan fingerprint density at radius 3 is 1.60 bits per heavy atom. The molecule has 27 heteroatoms. The van der Waals surface area contributed by atoms with E-state index in [0.29, 0.717) is 12.8 Å². The molecule has 8 atom stereocenters. The number of carbonyl (C=O) groups excluding carboxylic acids is 10. The van der Waals surface area contributed by atoms with Crippen molar-refractivity contribution in [1.29, 1.82) is 0 Å². The van der Waals surface area contributed by atoms with E-state index in [9.17, 15) is 77.6 Å². The zero-order valence-corrected chi connectivity index (χ0v) is 39.2. The molecule has 27 nitrogen and oxygen atoms in total. The highest BCUT2D eigenvalue weighted by atomic mass is 16.5. The Labute approximate surface area is 391 Å². The molecule has 0 radical (unpaired) electrons. The zero-order valence-electron chi connectivity index (χ0n) is 39.2. The van der Waals surface area contributed by atoms with Gasteiger partial charge in [-0.2, -0.15) is 0 Å². The van der Waals surface area contributed by atoms with Gasteiger partial charge in [-0.15, -0.1) is 0 Å². The molecule has 0 unspecified atom stereocenters. The van der Waals surface area contributed by atoms with E-state index in [1.807, 2.05) is 0 Å². The fourth-order valence-corrected chi connectivity index (χ4v) is 6.71. The van der Waals surface area contributed by atoms with E-state index in [2.05, 4.69) is 37.3 Å². The van der Waals surface area contributed by atoms with Gasteiger partial charge in [0.25, 0.3) is 5.91 Å². The number of aliphatic carboxylic acids is 3. The van der Waals surface area contributed by atoms with Crippen LogP contribution < -0.4 is 37.3 Å². The number of hydrogen-bond acceptors (Lipinski definition) is 15. The van der Waals surface area contributed by atoms with Crippen LogP contribution in [0.2, 0.25) is 0 Å². The van der Waals surface area contributed by atoms with Crippen LogP contribution in [-0.2, 0) is 67.1 Å². The largest absolute Gasteiger partial charge is 0.481 e. The molecule has 1 aliphatic heterocycles. The lowest BCUT2D eigenvalue weighted by molar-refractivity contribution is -0.163. The van der Waals surface area contributed by atoms with Crippen molar-refractivity contribution in [2.24, 2.45) is 11.8 Å². The van der Waals surface area contributed by atoms with Crippen LogP contribution in [0.3, 0.4) is 0 Å². The number of carboxylic acid groups (broad SMARTS) is 3. The summed E-state index contributed by atoms with van der Waals surface area (Å²) in [6.45, 7) is 11.3. The monoisotopic (exact) mass is 971 g/mol. The molecule has 1 aliphatic rings. The summed E-state index contributed by atoms with van der Waals surface area (Å²) < 4.78 is 4.75. The maximum Gasteiger partial charge on any atom is 0.398 e. The van der Waals surface area contributed by atoms with Gasteiger partial charge in [0.1, 0.15) is 42.3 Å². The van der Waals surface area contributed by atoms with Crippen molar-refractivity contribution >= 4 is 77.0 Å². The third-order valence-corrected chi connectivity index (χ3v) is 10.1. The molecular formula is C41H65N9O18. The van der Waals surface area contributed by atoms with Crippen LogP contribution in [-0.4, -0.2) is 175 Å². The summed E-state index contributed by atoms with van der Waals surface area (Å²) in [7, 11) is 0. The van der Waals surface area contributed by atoms with Gasteiger partial charge >= 0.3 is 29.8 Å². The number of nitrogens with one attached hydrogen (secondary N) is 7. The van der Waals surface area contributed by atoms with Crippen molar-refractivity contribution in [2.45, 2.75) is 149 Å². The first-order valence-electron chi connectivity index (χ1n) is 21.9. The highest BCUT2D eigenvalue weighted by molar-refractivity contribution is 6.32. The Hall–Kier alpha value is -6.93. The van der Waals surface area contributed by atoms with E-state index in [-0.39, 0.29) is 26.1 Å². The minimum atomic E-state index is -1.99. The molecule has 0 bridgehead atoms. The molecule has 1 rings (SSSR count). The average molecular weight is 972 g/mol. The number of carboxylic acids is 3. The highest BCUT2D eigenvalue weighted by Gasteiger charge is 2.42. The number of carbonyl (C=O) groups is 13. The minimum absolute atomic E-state index is 0.0522. The fourth-order valence-electron chi connectivity index (χ4n) is 6.71. The first-order valence-corrected chi connectivity index (χ1v) is 21.9. The number of rotatable bonds is 26. The molecule has 0 aliphatic carbocycles. The molecular weight excluding hydrogens is 906 g/mol. The molecule has 11 N–H and O–H groups in total. The van der Waals surface area contributed by atoms with E-state index in [1.54, 1.807) is 20.8 Å². The molecule has 1 heterocycles. The number of esters is 1. The Morgan fingerprint density at radius 2 is 1.13 bits per heavy atom. The van der Waals surface area contributed by atoms with Gasteiger partial charge in [-0.3, -0.25) is 63.0 Å². The second-order valence-corrected chi connectivity index (χ2v) is 16.5. The maximum atomic E-state index is 14.1. The molecule has 0 spiro atoms. The van der Waals surface area contributed by atoms with Crippen LogP contribution >= 0.6 is 0 Å². The van der Waals surface area contributed by atoms with Gasteiger partial charge in [0.2, 0.25) is 41.4 Å². The third kappa shape index (κ3) is 19.1. The number of aliphatic hydroxyl groups is 1. The van der Waals surface area contributed by atoms with Crippen molar-refractivity contribution in [3.8, 4) is 0 Å². The summed E-state index contributed by atoms with van der Waals surface area (Å²) in [6.07, 6.45) is -4.40. The lowest BCUT2D eigenvalue weighted by Gasteiger charge is -2.33. The maximum absolute atomic E-state index is 14.1. The number of hydrazine groups is 1. The molecule has 0 aromatic carbocycles. The van der Waals surface area contributed by atoms with Crippen LogP contribution in [0, 0.1) is 11.8 Å². The van der Waals surface area contributed by atoms with Gasteiger partial charge in [0.05, 0.1) is 25.6 Å². The van der Waals surface area contributed by atoms with E-state index < -0.39 is 163 Å². The topological polar surface area (TPSA) is 403 Å². The van der Waals surface area contributed by atoms with Gasteiger partial charge < -0.3 is 62.0 Å². The molecule has 0 aromatic rings. The van der Waals surface area contributed by atoms with Crippen molar-refractivity contribution in [3.63, 3.8) is 0 Å². The summed E-state index contributed by atoms with van der Waals surface area (Å²) in [4.78, 5) is 167. The van der Waals surface area contributed by atoms with Gasteiger partial charge in [-0.25, -0.2) is 9.80 Å². The minimum Gasteiger partial charge on any atom is -0.481 e. The summed E-state index contributed by atoms with van der Waals surface area (Å²) in [5.74, 6) is -16.6. The standard InChI is InChI=1S/C41H65N9O18/c1-9-15-50(40(66)41(67)68-10-2)48-36(62)26-12-11-16-49(26)39(65)31(20(5)6)46-37(63)30(19(3)4)45-35(61)25(18-29(57)58)44-33(59)23(13-14-27(53)54)43-38(64)32(21(7)51)47-34(60)24(17-28(55)56)42-22(8)52/h19-21,23-26,30-32,51H,9-18H2,1-8H3,(H,42,52)(H,43,64)(H,44,59)(H,45,61)(H,46,63)(H,47,60)(H,48,62)(H,53,54)(H,55,56)(H,57,58)/t21-,23+,24+,25+,26-,30+,31+,32+/m1/s1. The van der Waals surface area contributed by atoms with Crippen LogP contribution in [0.25, 0.3) is 0 Å². The highest BCUT2D eigenvalue weighted by Crippen LogP contribution is 2.21. The van der Waals surface area contributed by atoms with Crippen LogP contribution in [0.4, 0.5) is 0 Å². The summed E-state index contributed by atoms with van der Waals surface area (Å²) in [6, 6.07) is -11.4. The zero-order chi connectivity index (χ0) is 52.2. The average Bonchev–Trinajstić information content (AvgIpc) is 3.73. The summed E-state index contributed by atoms with van der Waals surface area (Å²) in [5, 5.41) is 52.7. The Balaban J connectivity index is 3.36. The number of nitrogens with zero attached hydrogens (tertiary/aromatic N) is 2. The number of ether oxygens (including phenoxy) is 1. The van der Waals surface area contributed by atoms with Gasteiger partial charge in [-0.05, 0) is 51.4 Å². The number of hydrogen-bond donors (Lipinski definition) is 11. The van der Waals surface area contributed by atoms with Crippen molar-refractivity contribution in [1.82, 2.24) is 47.2 Å². The normalized spacial score (nSPS) is 16.3. The van der Waals surface area contributed by atoms with E-state index in [4.69, 9.17) is 9.84 Å². The van der Waals surface area contributed by atoms with E-state index in [0.717, 1.165) is 18.9 Å².